The van der Waals surface area contributed by atoms with Gasteiger partial charge >= 0.3 is 5.97 Å². The fourth-order valence-corrected chi connectivity index (χ4v) is 4.21. The van der Waals surface area contributed by atoms with Crippen molar-refractivity contribution in [1.29, 1.82) is 0 Å². The van der Waals surface area contributed by atoms with Crippen LogP contribution in [0.4, 0.5) is 4.39 Å². The van der Waals surface area contributed by atoms with Crippen LogP contribution in [0.2, 0.25) is 0 Å². The van der Waals surface area contributed by atoms with Crippen molar-refractivity contribution in [3.63, 3.8) is 0 Å². The molecule has 0 radical (unpaired) electrons. The quantitative estimate of drug-likeness (QED) is 0.185. The van der Waals surface area contributed by atoms with Crippen LogP contribution in [0.25, 0.3) is 22.1 Å². The van der Waals surface area contributed by atoms with E-state index in [0.717, 1.165) is 22.1 Å². The number of methoxy groups -OCH3 is 1. The van der Waals surface area contributed by atoms with Gasteiger partial charge in [-0.1, -0.05) is 24.3 Å². The van der Waals surface area contributed by atoms with Gasteiger partial charge in [-0.05, 0) is 53.1 Å². The van der Waals surface area contributed by atoms with Gasteiger partial charge in [-0.3, -0.25) is 9.59 Å². The molecule has 1 aromatic heterocycles. The molecule has 39 heavy (non-hydrogen) atoms. The van der Waals surface area contributed by atoms with E-state index >= 15 is 0 Å². The smallest absolute Gasteiger partial charge is 0.310 e. The number of benzene rings is 3. The summed E-state index contributed by atoms with van der Waals surface area (Å²) in [6.07, 6.45) is 2.16. The van der Waals surface area contributed by atoms with Crippen molar-refractivity contribution in [2.45, 2.75) is 25.5 Å². The van der Waals surface area contributed by atoms with Gasteiger partial charge in [0.15, 0.2) is 0 Å². The van der Waals surface area contributed by atoms with Crippen molar-refractivity contribution >= 4 is 22.8 Å². The van der Waals surface area contributed by atoms with Crippen molar-refractivity contribution in [3.05, 3.63) is 89.2 Å². The molecule has 1 atom stereocenters. The molecule has 0 fully saturated rings. The maximum absolute atomic E-state index is 13.2. The molecule has 4 N–H and O–H groups in total. The molecule has 0 spiro atoms. The first-order chi connectivity index (χ1) is 18.9. The molecule has 4 rings (SSSR count). The zero-order chi connectivity index (χ0) is 27.8. The van der Waals surface area contributed by atoms with Crippen molar-refractivity contribution in [1.82, 2.24) is 0 Å². The fraction of sp³-hybridized carbons (Fsp3) is 0.267. The summed E-state index contributed by atoms with van der Waals surface area (Å²) < 4.78 is 35.3. The number of esters is 1. The van der Waals surface area contributed by atoms with Crippen LogP contribution in [0.5, 0.6) is 5.75 Å². The molecule has 3 aromatic carbocycles. The summed E-state index contributed by atoms with van der Waals surface area (Å²) in [5.41, 5.74) is 16.0. The van der Waals surface area contributed by atoms with Gasteiger partial charge in [0.2, 0.25) is 5.91 Å². The maximum atomic E-state index is 13.2. The Morgan fingerprint density at radius 1 is 1.05 bits per heavy atom. The summed E-state index contributed by atoms with van der Waals surface area (Å²) in [5.74, 6) is -0.678. The highest BCUT2D eigenvalue weighted by atomic mass is 19.1. The monoisotopic (exact) mass is 534 g/mol. The zero-order valence-electron chi connectivity index (χ0n) is 21.7. The molecule has 1 unspecified atom stereocenters. The van der Waals surface area contributed by atoms with Crippen molar-refractivity contribution in [2.24, 2.45) is 11.5 Å². The Morgan fingerprint density at radius 2 is 1.90 bits per heavy atom. The highest BCUT2D eigenvalue weighted by Crippen LogP contribution is 2.33. The van der Waals surface area contributed by atoms with Crippen LogP contribution in [0, 0.1) is 0 Å². The van der Waals surface area contributed by atoms with E-state index in [2.05, 4.69) is 0 Å². The van der Waals surface area contributed by atoms with Crippen molar-refractivity contribution in [2.75, 3.05) is 27.0 Å². The van der Waals surface area contributed by atoms with Gasteiger partial charge in [-0.2, -0.15) is 0 Å². The Bertz CT molecular complexity index is 1450. The first-order valence-electron chi connectivity index (χ1n) is 12.5. The van der Waals surface area contributed by atoms with Gasteiger partial charge in [-0.15, -0.1) is 0 Å². The highest BCUT2D eigenvalue weighted by molar-refractivity contribution is 5.94. The predicted octanol–water partition coefficient (Wildman–Crippen LogP) is 4.87. The van der Waals surface area contributed by atoms with Crippen LogP contribution in [0.1, 0.15) is 39.5 Å². The number of nitrogens with two attached hydrogens (primary N) is 2. The number of rotatable bonds is 13. The molecular weight excluding hydrogens is 503 g/mol. The van der Waals surface area contributed by atoms with Crippen LogP contribution in [-0.2, 0) is 27.3 Å². The molecule has 4 aromatic rings. The first-order valence-corrected chi connectivity index (χ1v) is 12.5. The SMILES string of the molecule is COCCCOC(=O)Cc1ccc(C(N)=O)cc1OCc1cc(-c2cccc(C(N)CF)c2)c2occc2c1. The van der Waals surface area contributed by atoms with Crippen LogP contribution < -0.4 is 16.2 Å². The number of furan rings is 1. The summed E-state index contributed by atoms with van der Waals surface area (Å²) in [6, 6.07) is 17.1. The molecule has 0 aliphatic heterocycles. The van der Waals surface area contributed by atoms with Gasteiger partial charge in [-0.25, -0.2) is 4.39 Å². The van der Waals surface area contributed by atoms with Crippen LogP contribution in [0.3, 0.4) is 0 Å². The Kier molecular flexibility index (Phi) is 9.30. The van der Waals surface area contributed by atoms with E-state index < -0.39 is 24.6 Å². The minimum absolute atomic E-state index is 0.0327. The minimum atomic E-state index is -0.717. The van der Waals surface area contributed by atoms with E-state index in [1.807, 2.05) is 36.4 Å². The number of alkyl halides is 1. The number of primary amides is 1. The van der Waals surface area contributed by atoms with Gasteiger partial charge in [0.25, 0.3) is 0 Å². The molecule has 0 bridgehead atoms. The van der Waals surface area contributed by atoms with E-state index in [-0.39, 0.29) is 25.2 Å². The molecule has 0 saturated carbocycles. The molecular formula is C30H31FN2O6. The predicted molar refractivity (Wildman–Crippen MR) is 145 cm³/mol. The van der Waals surface area contributed by atoms with Crippen LogP contribution >= 0.6 is 0 Å². The van der Waals surface area contributed by atoms with Crippen LogP contribution in [0.15, 0.2) is 71.3 Å². The lowest BCUT2D eigenvalue weighted by atomic mass is 9.97. The third-order valence-corrected chi connectivity index (χ3v) is 6.24. The average Bonchev–Trinajstić information content (AvgIpc) is 3.42. The molecule has 1 amide bonds. The normalized spacial score (nSPS) is 11.9. The summed E-state index contributed by atoms with van der Waals surface area (Å²) in [4.78, 5) is 24.2. The standard InChI is InChI=1S/C30H31FN2O6/c1-36-9-3-10-37-28(34)16-22-6-7-24(30(33)35)15-27(22)39-18-19-12-23-8-11-38-29(23)25(13-19)20-4-2-5-21(14-20)26(32)17-31/h2,4-8,11-15,26H,3,9-10,16-18,32H2,1H3,(H2,33,35). The van der Waals surface area contributed by atoms with Gasteiger partial charge in [0, 0.05) is 42.2 Å². The minimum Gasteiger partial charge on any atom is -0.489 e. The number of halogens is 1. The summed E-state index contributed by atoms with van der Waals surface area (Å²) in [7, 11) is 1.58. The average molecular weight is 535 g/mol. The van der Waals surface area contributed by atoms with Crippen molar-refractivity contribution in [3.8, 4) is 16.9 Å². The summed E-state index contributed by atoms with van der Waals surface area (Å²) in [6.45, 7) is 0.203. The molecule has 1 heterocycles. The Hall–Kier alpha value is -4.21. The molecule has 9 heteroatoms. The topological polar surface area (TPSA) is 127 Å². The van der Waals surface area contributed by atoms with E-state index in [4.69, 9.17) is 30.1 Å². The summed E-state index contributed by atoms with van der Waals surface area (Å²) >= 11 is 0. The second kappa shape index (κ2) is 13.0. The third-order valence-electron chi connectivity index (χ3n) is 6.24. The lowest BCUT2D eigenvalue weighted by molar-refractivity contribution is -0.143. The third kappa shape index (κ3) is 7.01. The first kappa shape index (κ1) is 27.8. The largest absolute Gasteiger partial charge is 0.489 e. The Balaban J connectivity index is 1.59. The molecule has 204 valence electrons. The molecule has 0 saturated heterocycles. The van der Waals surface area contributed by atoms with Crippen LogP contribution in [-0.4, -0.2) is 38.9 Å². The molecule has 8 nitrogen and oxygen atoms in total. The van der Waals surface area contributed by atoms with E-state index in [0.29, 0.717) is 35.5 Å². The van der Waals surface area contributed by atoms with Gasteiger partial charge < -0.3 is 30.1 Å². The summed E-state index contributed by atoms with van der Waals surface area (Å²) in [5, 5.41) is 0.858. The number of carbonyl (C=O) groups excluding carboxylic acids is 2. The van der Waals surface area contributed by atoms with Gasteiger partial charge in [0.1, 0.15) is 24.6 Å². The van der Waals surface area contributed by atoms with E-state index in [9.17, 15) is 14.0 Å². The number of carbonyl (C=O) groups is 2. The number of ether oxygens (including phenoxy) is 3. The lowest BCUT2D eigenvalue weighted by Crippen LogP contribution is -2.14. The second-order valence-corrected chi connectivity index (χ2v) is 9.09. The van der Waals surface area contributed by atoms with Crippen molar-refractivity contribution < 1.29 is 32.6 Å². The Labute approximate surface area is 225 Å². The zero-order valence-corrected chi connectivity index (χ0v) is 21.7. The highest BCUT2D eigenvalue weighted by Gasteiger charge is 2.16. The maximum Gasteiger partial charge on any atom is 0.310 e. The number of fused-ring (bicyclic) bond motifs is 1. The Morgan fingerprint density at radius 3 is 2.67 bits per heavy atom. The van der Waals surface area contributed by atoms with Gasteiger partial charge in [0.05, 0.1) is 25.3 Å². The second-order valence-electron chi connectivity index (χ2n) is 9.09. The van der Waals surface area contributed by atoms with E-state index in [1.165, 1.54) is 6.07 Å². The molecule has 0 aliphatic rings. The number of hydrogen-bond donors (Lipinski definition) is 2. The fourth-order valence-electron chi connectivity index (χ4n) is 4.21. The number of amides is 1. The molecule has 0 aliphatic carbocycles. The van der Waals surface area contributed by atoms with E-state index in [1.54, 1.807) is 31.6 Å². The lowest BCUT2D eigenvalue weighted by Gasteiger charge is -2.14. The number of hydrogen-bond acceptors (Lipinski definition) is 7.